The molecule has 0 N–H and O–H groups in total. The normalized spacial score (nSPS) is 11.3. The number of carbonyl (C=O) groups is 1. The summed E-state index contributed by atoms with van der Waals surface area (Å²) in [7, 11) is 1.57. The van der Waals surface area contributed by atoms with E-state index >= 15 is 0 Å². The Morgan fingerprint density at radius 3 is 2.54 bits per heavy atom. The number of aryl methyl sites for hydroxylation is 1. The number of hydrogen-bond acceptors (Lipinski definition) is 5. The summed E-state index contributed by atoms with van der Waals surface area (Å²) in [6, 6.07) is 11.2. The summed E-state index contributed by atoms with van der Waals surface area (Å²) in [5.74, 6) is -0.304. The zero-order valence-corrected chi connectivity index (χ0v) is 20.2. The number of methoxy groups -OCH3 is 1. The molecule has 4 aromatic rings. The van der Waals surface area contributed by atoms with Crippen molar-refractivity contribution in [1.29, 1.82) is 0 Å². The highest BCUT2D eigenvalue weighted by atomic mass is 16.5. The van der Waals surface area contributed by atoms with E-state index in [0.29, 0.717) is 25.3 Å². The predicted octanol–water partition coefficient (Wildman–Crippen LogP) is 2.54. The van der Waals surface area contributed by atoms with Crippen LogP contribution < -0.4 is 11.2 Å². The van der Waals surface area contributed by atoms with Crippen LogP contribution in [0.4, 0.5) is 0 Å². The van der Waals surface area contributed by atoms with Gasteiger partial charge in [-0.1, -0.05) is 36.4 Å². The molecule has 3 heterocycles. The van der Waals surface area contributed by atoms with E-state index in [9.17, 15) is 14.4 Å². The maximum atomic E-state index is 13.5. The van der Waals surface area contributed by atoms with Crippen LogP contribution in [0.15, 0.2) is 65.0 Å². The summed E-state index contributed by atoms with van der Waals surface area (Å²) in [6.45, 7) is 8.72. The van der Waals surface area contributed by atoms with Gasteiger partial charge >= 0.3 is 5.69 Å². The van der Waals surface area contributed by atoms with E-state index in [2.05, 4.69) is 11.6 Å². The maximum Gasteiger partial charge on any atom is 0.333 e. The Morgan fingerprint density at radius 2 is 1.86 bits per heavy atom. The van der Waals surface area contributed by atoms with Gasteiger partial charge in [-0.2, -0.15) is 0 Å². The number of ketones is 1. The number of imidazole rings is 1. The smallest absolute Gasteiger partial charge is 0.333 e. The van der Waals surface area contributed by atoms with Crippen LogP contribution in [0.25, 0.3) is 11.2 Å². The minimum absolute atomic E-state index is 0.222. The standard InChI is InChI=1S/C26H29N5O4/c1-5-11-29-18(2)14-21(19(29)3)22(32)16-31-25(33)23-24(27-17-28(23)12-13-35-4)30(26(31)34)15-20-9-7-6-8-10-20/h5-10,14,17H,1,11-13,15-16H2,2-4H3. The van der Waals surface area contributed by atoms with E-state index in [-0.39, 0.29) is 30.0 Å². The molecule has 4 rings (SSSR count). The molecule has 1 aromatic carbocycles. The van der Waals surface area contributed by atoms with Gasteiger partial charge < -0.3 is 13.9 Å². The van der Waals surface area contributed by atoms with Gasteiger partial charge in [-0.15, -0.1) is 6.58 Å². The lowest BCUT2D eigenvalue weighted by atomic mass is 10.1. The number of hydrogen-bond donors (Lipinski definition) is 0. The van der Waals surface area contributed by atoms with Crippen LogP contribution in [0.1, 0.15) is 27.3 Å². The number of carbonyl (C=O) groups excluding carboxylic acids is 1. The van der Waals surface area contributed by atoms with Gasteiger partial charge in [-0.25, -0.2) is 9.78 Å². The molecule has 0 aliphatic rings. The second kappa shape index (κ2) is 10.1. The van der Waals surface area contributed by atoms with Crippen molar-refractivity contribution in [2.45, 2.75) is 40.0 Å². The van der Waals surface area contributed by atoms with Gasteiger partial charge in [0.25, 0.3) is 5.56 Å². The summed E-state index contributed by atoms with van der Waals surface area (Å²) in [6.07, 6.45) is 3.29. The first kappa shape index (κ1) is 24.2. The van der Waals surface area contributed by atoms with Crippen LogP contribution >= 0.6 is 0 Å². The Kier molecular flexibility index (Phi) is 6.97. The molecular formula is C26H29N5O4. The van der Waals surface area contributed by atoms with Crippen molar-refractivity contribution < 1.29 is 9.53 Å². The van der Waals surface area contributed by atoms with Crippen molar-refractivity contribution in [3.8, 4) is 0 Å². The van der Waals surface area contributed by atoms with Gasteiger partial charge in [-0.3, -0.25) is 18.7 Å². The molecule has 0 radical (unpaired) electrons. The molecule has 35 heavy (non-hydrogen) atoms. The lowest BCUT2D eigenvalue weighted by molar-refractivity contribution is 0.0968. The van der Waals surface area contributed by atoms with Crippen molar-refractivity contribution >= 4 is 16.9 Å². The molecular weight excluding hydrogens is 446 g/mol. The molecule has 3 aromatic heterocycles. The highest BCUT2D eigenvalue weighted by Gasteiger charge is 2.22. The fourth-order valence-corrected chi connectivity index (χ4v) is 4.37. The number of aromatic nitrogens is 5. The second-order valence-electron chi connectivity index (χ2n) is 8.46. The summed E-state index contributed by atoms with van der Waals surface area (Å²) in [5.41, 5.74) is 2.48. The molecule has 0 saturated carbocycles. The molecule has 0 unspecified atom stereocenters. The van der Waals surface area contributed by atoms with E-state index in [4.69, 9.17) is 4.74 Å². The number of fused-ring (bicyclic) bond motifs is 1. The topological polar surface area (TPSA) is 93.0 Å². The van der Waals surface area contributed by atoms with E-state index in [0.717, 1.165) is 21.5 Å². The molecule has 0 saturated heterocycles. The van der Waals surface area contributed by atoms with Crippen molar-refractivity contribution in [1.82, 2.24) is 23.3 Å². The van der Waals surface area contributed by atoms with Crippen molar-refractivity contribution in [3.63, 3.8) is 0 Å². The summed E-state index contributed by atoms with van der Waals surface area (Å²) in [4.78, 5) is 44.7. The highest BCUT2D eigenvalue weighted by Crippen LogP contribution is 2.17. The molecule has 0 fully saturated rings. The van der Waals surface area contributed by atoms with Crippen LogP contribution in [0.5, 0.6) is 0 Å². The van der Waals surface area contributed by atoms with Crippen molar-refractivity contribution in [3.05, 3.63) is 98.7 Å². The van der Waals surface area contributed by atoms with Gasteiger partial charge in [0.1, 0.15) is 0 Å². The number of benzene rings is 1. The predicted molar refractivity (Wildman–Crippen MR) is 134 cm³/mol. The molecule has 0 amide bonds. The Labute approximate surface area is 202 Å². The van der Waals surface area contributed by atoms with Crippen LogP contribution in [0.2, 0.25) is 0 Å². The molecule has 0 bridgehead atoms. The van der Waals surface area contributed by atoms with Crippen LogP contribution in [0, 0.1) is 13.8 Å². The molecule has 0 aliphatic carbocycles. The van der Waals surface area contributed by atoms with Crippen molar-refractivity contribution in [2.75, 3.05) is 13.7 Å². The van der Waals surface area contributed by atoms with E-state index in [1.54, 1.807) is 23.8 Å². The molecule has 9 heteroatoms. The van der Waals surface area contributed by atoms with E-state index in [1.807, 2.05) is 48.7 Å². The molecule has 182 valence electrons. The second-order valence-corrected chi connectivity index (χ2v) is 8.46. The van der Waals surface area contributed by atoms with E-state index < -0.39 is 11.2 Å². The molecule has 0 atom stereocenters. The average molecular weight is 476 g/mol. The number of rotatable bonds is 10. The zero-order chi connectivity index (χ0) is 25.1. The monoisotopic (exact) mass is 475 g/mol. The lowest BCUT2D eigenvalue weighted by Gasteiger charge is -2.13. The van der Waals surface area contributed by atoms with Gasteiger partial charge in [-0.05, 0) is 25.5 Å². The van der Waals surface area contributed by atoms with Crippen LogP contribution in [-0.4, -0.2) is 42.8 Å². The Hall–Kier alpha value is -3.98. The number of ether oxygens (including phenoxy) is 1. The Bertz CT molecular complexity index is 1500. The minimum Gasteiger partial charge on any atom is -0.383 e. The van der Waals surface area contributed by atoms with E-state index in [1.165, 1.54) is 10.9 Å². The van der Waals surface area contributed by atoms with Gasteiger partial charge in [0.05, 0.1) is 26.0 Å². The molecule has 9 nitrogen and oxygen atoms in total. The third-order valence-electron chi connectivity index (χ3n) is 6.19. The molecule has 0 aliphatic heterocycles. The van der Waals surface area contributed by atoms with Gasteiger partial charge in [0.15, 0.2) is 16.9 Å². The molecule has 0 spiro atoms. The fraction of sp³-hybridized carbons (Fsp3) is 0.308. The third kappa shape index (κ3) is 4.54. The van der Waals surface area contributed by atoms with Crippen molar-refractivity contribution in [2.24, 2.45) is 0 Å². The number of allylic oxidation sites excluding steroid dienone is 1. The summed E-state index contributed by atoms with van der Waals surface area (Å²) < 4.78 is 11.3. The number of nitrogens with zero attached hydrogens (tertiary/aromatic N) is 5. The first-order valence-electron chi connectivity index (χ1n) is 11.4. The Morgan fingerprint density at radius 1 is 1.11 bits per heavy atom. The largest absolute Gasteiger partial charge is 0.383 e. The maximum absolute atomic E-state index is 13.5. The average Bonchev–Trinajstić information content (AvgIpc) is 3.40. The highest BCUT2D eigenvalue weighted by molar-refractivity contribution is 5.97. The minimum atomic E-state index is -0.573. The summed E-state index contributed by atoms with van der Waals surface area (Å²) >= 11 is 0. The first-order chi connectivity index (χ1) is 16.9. The van der Waals surface area contributed by atoms with Crippen LogP contribution in [-0.2, 0) is 30.9 Å². The van der Waals surface area contributed by atoms with Crippen LogP contribution in [0.3, 0.4) is 0 Å². The fourth-order valence-electron chi connectivity index (χ4n) is 4.37. The summed E-state index contributed by atoms with van der Waals surface area (Å²) in [5, 5.41) is 0. The zero-order valence-electron chi connectivity index (χ0n) is 20.2. The van der Waals surface area contributed by atoms with Gasteiger partial charge in [0.2, 0.25) is 0 Å². The first-order valence-corrected chi connectivity index (χ1v) is 11.4. The lowest BCUT2D eigenvalue weighted by Crippen LogP contribution is -2.42. The Balaban J connectivity index is 1.85. The third-order valence-corrected chi connectivity index (χ3v) is 6.19. The number of Topliss-reactive ketones (excluding diaryl/α,β-unsaturated/α-hetero) is 1. The van der Waals surface area contributed by atoms with Gasteiger partial charge in [0, 0.05) is 37.2 Å². The quantitative estimate of drug-likeness (QED) is 0.260. The SMILES string of the molecule is C=CCn1c(C)cc(C(=O)Cn2c(=O)c3c(ncn3CCOC)n(Cc3ccccc3)c2=O)c1C.